The van der Waals surface area contributed by atoms with Gasteiger partial charge in [0.1, 0.15) is 0 Å². The summed E-state index contributed by atoms with van der Waals surface area (Å²) in [7, 11) is 1.36. The molecule has 1 saturated heterocycles. The zero-order valence-electron chi connectivity index (χ0n) is 17.7. The van der Waals surface area contributed by atoms with Crippen molar-refractivity contribution in [2.24, 2.45) is 5.92 Å². The van der Waals surface area contributed by atoms with E-state index in [0.717, 1.165) is 31.4 Å². The van der Waals surface area contributed by atoms with E-state index in [-0.39, 0.29) is 5.56 Å². The van der Waals surface area contributed by atoms with Gasteiger partial charge in [0, 0.05) is 19.6 Å². The summed E-state index contributed by atoms with van der Waals surface area (Å²) in [6, 6.07) is 14.6. The van der Waals surface area contributed by atoms with Crippen LogP contribution < -0.4 is 10.9 Å². The Bertz CT molecular complexity index is 1280. The summed E-state index contributed by atoms with van der Waals surface area (Å²) in [6.07, 6.45) is 1.77. The first-order chi connectivity index (χ1) is 15.5. The summed E-state index contributed by atoms with van der Waals surface area (Å²) in [5.74, 6) is -0.0858. The van der Waals surface area contributed by atoms with Crippen molar-refractivity contribution in [3.05, 3.63) is 69.2 Å². The predicted molar refractivity (Wildman–Crippen MR) is 132 cm³/mol. The molecule has 9 heteroatoms. The Morgan fingerprint density at radius 3 is 2.59 bits per heavy atom. The van der Waals surface area contributed by atoms with Gasteiger partial charge in [0.15, 0.2) is 9.88 Å². The summed E-state index contributed by atoms with van der Waals surface area (Å²) in [5.41, 5.74) is 1.78. The van der Waals surface area contributed by atoms with E-state index in [1.807, 2.05) is 30.3 Å². The third kappa shape index (κ3) is 4.58. The van der Waals surface area contributed by atoms with Gasteiger partial charge in [0.05, 0.1) is 29.3 Å². The molecule has 2 aromatic carbocycles. The van der Waals surface area contributed by atoms with Crippen molar-refractivity contribution >= 4 is 52.1 Å². The van der Waals surface area contributed by atoms with Gasteiger partial charge in [-0.05, 0) is 67.5 Å². The van der Waals surface area contributed by atoms with Gasteiger partial charge < -0.3 is 19.9 Å². The molecule has 1 fully saturated rings. The topological polar surface area (TPSA) is 79.4 Å². The molecular formula is C23H24N4O3S2. The smallest absolute Gasteiger partial charge is 0.339 e. The molecule has 7 nitrogen and oxygen atoms in total. The molecule has 4 rings (SSSR count). The number of aromatic amines is 1. The van der Waals surface area contributed by atoms with E-state index in [4.69, 9.17) is 29.2 Å². The van der Waals surface area contributed by atoms with Gasteiger partial charge >= 0.3 is 5.97 Å². The maximum absolute atomic E-state index is 12.9. The van der Waals surface area contributed by atoms with Crippen molar-refractivity contribution in [3.8, 4) is 0 Å². The number of rotatable bonds is 4. The molecule has 1 aliphatic rings. The molecule has 0 spiro atoms. The Hall–Kier alpha value is -3.04. The molecule has 0 saturated carbocycles. The van der Waals surface area contributed by atoms with E-state index in [1.165, 1.54) is 7.11 Å². The number of anilines is 1. The van der Waals surface area contributed by atoms with Gasteiger partial charge in [-0.15, -0.1) is 0 Å². The lowest BCUT2D eigenvalue weighted by molar-refractivity contribution is 0.0602. The Morgan fingerprint density at radius 2 is 1.84 bits per heavy atom. The molecule has 0 bridgehead atoms. The summed E-state index contributed by atoms with van der Waals surface area (Å²) < 4.78 is 6.97. The number of H-pyrrole nitrogens is 1. The van der Waals surface area contributed by atoms with Gasteiger partial charge in [-0.25, -0.2) is 4.79 Å². The molecule has 0 atom stereocenters. The van der Waals surface area contributed by atoms with Crippen LogP contribution in [0, 0.1) is 10.7 Å². The summed E-state index contributed by atoms with van der Waals surface area (Å²) >= 11 is 11.0. The van der Waals surface area contributed by atoms with Crippen LogP contribution in [0.25, 0.3) is 10.9 Å². The Labute approximate surface area is 196 Å². The van der Waals surface area contributed by atoms with E-state index < -0.39 is 5.97 Å². The number of hydrogen-bond donors (Lipinski definition) is 2. The van der Waals surface area contributed by atoms with Crippen LogP contribution in [0.15, 0.2) is 53.3 Å². The number of likely N-dealkylation sites (tertiary alicyclic amines) is 1. The van der Waals surface area contributed by atoms with Crippen molar-refractivity contribution in [1.82, 2.24) is 14.5 Å². The van der Waals surface area contributed by atoms with Crippen LogP contribution in [0.1, 0.15) is 23.2 Å². The van der Waals surface area contributed by atoms with Crippen molar-refractivity contribution in [3.63, 3.8) is 0 Å². The molecule has 2 heterocycles. The lowest BCUT2D eigenvalue weighted by Crippen LogP contribution is -2.42. The number of nitrogens with one attached hydrogen (secondary N) is 2. The maximum atomic E-state index is 12.9. The molecule has 0 amide bonds. The predicted octanol–water partition coefficient (Wildman–Crippen LogP) is 3.95. The average molecular weight is 469 g/mol. The fourth-order valence-electron chi connectivity index (χ4n) is 4.02. The first-order valence-electron chi connectivity index (χ1n) is 10.4. The van der Waals surface area contributed by atoms with Crippen LogP contribution in [0.5, 0.6) is 0 Å². The molecular weight excluding hydrogens is 444 g/mol. The fraction of sp³-hybridized carbons (Fsp3) is 0.304. The minimum Gasteiger partial charge on any atom is -0.465 e. The van der Waals surface area contributed by atoms with Crippen molar-refractivity contribution in [1.29, 1.82) is 0 Å². The van der Waals surface area contributed by atoms with Crippen LogP contribution in [-0.4, -0.2) is 45.7 Å². The van der Waals surface area contributed by atoms with E-state index in [1.54, 1.807) is 22.8 Å². The van der Waals surface area contributed by atoms with Crippen LogP contribution in [0.3, 0.4) is 0 Å². The minimum atomic E-state index is -0.410. The van der Waals surface area contributed by atoms with Crippen LogP contribution in [0.4, 0.5) is 5.69 Å². The van der Waals surface area contributed by atoms with Crippen LogP contribution in [0.2, 0.25) is 0 Å². The number of hydrogen-bond acceptors (Lipinski definition) is 5. The number of thiocarbonyl (C=S) groups is 1. The number of carbonyl (C=O) groups is 1. The Balaban J connectivity index is 1.41. The normalized spacial score (nSPS) is 14.3. The maximum Gasteiger partial charge on any atom is 0.339 e. The second-order valence-corrected chi connectivity index (χ2v) is 8.56. The fourth-order valence-corrected chi connectivity index (χ4v) is 4.58. The van der Waals surface area contributed by atoms with Gasteiger partial charge in [-0.2, -0.15) is 0 Å². The molecule has 0 unspecified atom stereocenters. The summed E-state index contributed by atoms with van der Waals surface area (Å²) in [5, 5.41) is 4.39. The average Bonchev–Trinajstić information content (AvgIpc) is 2.82. The Kier molecular flexibility index (Phi) is 6.66. The van der Waals surface area contributed by atoms with Crippen molar-refractivity contribution < 1.29 is 9.53 Å². The third-order valence-corrected chi connectivity index (χ3v) is 6.49. The molecule has 3 aromatic rings. The molecule has 166 valence electrons. The molecule has 0 aliphatic carbocycles. The second kappa shape index (κ2) is 9.62. The summed E-state index contributed by atoms with van der Waals surface area (Å²) in [4.78, 5) is 30.1. The SMILES string of the molecule is COC(=O)c1ccccc1NC(=S)N1CCC(Cn2c(=S)[nH]c3ccccc3c2=O)CC1. The number of methoxy groups -OCH3 is 1. The van der Waals surface area contributed by atoms with Gasteiger partial charge in [0.2, 0.25) is 0 Å². The van der Waals surface area contributed by atoms with Gasteiger partial charge in [0.25, 0.3) is 5.56 Å². The lowest BCUT2D eigenvalue weighted by atomic mass is 9.97. The molecule has 32 heavy (non-hydrogen) atoms. The standard InChI is InChI=1S/C23H24N4O3S2/c1-30-21(29)17-7-3-5-9-19(17)24-22(31)26-12-10-15(11-13-26)14-27-20(28)16-6-2-4-8-18(16)25-23(27)32/h2-9,15H,10-14H2,1H3,(H,24,31)(H,25,32). The zero-order chi connectivity index (χ0) is 22.7. The zero-order valence-corrected chi connectivity index (χ0v) is 19.3. The van der Waals surface area contributed by atoms with E-state index >= 15 is 0 Å². The second-order valence-electron chi connectivity index (χ2n) is 7.79. The number of ether oxygens (including phenoxy) is 1. The van der Waals surface area contributed by atoms with E-state index in [2.05, 4.69) is 15.2 Å². The minimum absolute atomic E-state index is 0.0524. The number of esters is 1. The monoisotopic (exact) mass is 468 g/mol. The molecule has 0 radical (unpaired) electrons. The number of benzene rings is 2. The van der Waals surface area contributed by atoms with E-state index in [0.29, 0.717) is 39.0 Å². The number of nitrogens with zero attached hydrogens (tertiary/aromatic N) is 2. The molecule has 2 N–H and O–H groups in total. The van der Waals surface area contributed by atoms with Crippen molar-refractivity contribution in [2.75, 3.05) is 25.5 Å². The first-order valence-corrected chi connectivity index (χ1v) is 11.2. The van der Waals surface area contributed by atoms with Crippen LogP contribution >= 0.6 is 24.4 Å². The highest BCUT2D eigenvalue weighted by Gasteiger charge is 2.23. The van der Waals surface area contributed by atoms with Gasteiger partial charge in [-0.1, -0.05) is 24.3 Å². The highest BCUT2D eigenvalue weighted by Crippen LogP contribution is 2.22. The molecule has 1 aliphatic heterocycles. The quantitative estimate of drug-likeness (QED) is 0.443. The van der Waals surface area contributed by atoms with E-state index in [9.17, 15) is 9.59 Å². The van der Waals surface area contributed by atoms with Crippen LogP contribution in [-0.2, 0) is 11.3 Å². The number of aromatic nitrogens is 2. The summed E-state index contributed by atoms with van der Waals surface area (Å²) in [6.45, 7) is 2.10. The number of fused-ring (bicyclic) bond motifs is 1. The number of carbonyl (C=O) groups excluding carboxylic acids is 1. The third-order valence-electron chi connectivity index (χ3n) is 5.81. The first kappa shape index (κ1) is 22.2. The van der Waals surface area contributed by atoms with Crippen molar-refractivity contribution in [2.45, 2.75) is 19.4 Å². The highest BCUT2D eigenvalue weighted by atomic mass is 32.1. The largest absolute Gasteiger partial charge is 0.465 e. The van der Waals surface area contributed by atoms with Gasteiger partial charge in [-0.3, -0.25) is 9.36 Å². The number of para-hydroxylation sites is 2. The lowest BCUT2D eigenvalue weighted by Gasteiger charge is -2.34. The Morgan fingerprint density at radius 1 is 1.16 bits per heavy atom. The molecule has 1 aromatic heterocycles. The number of piperidine rings is 1. The highest BCUT2D eigenvalue weighted by molar-refractivity contribution is 7.80.